The number of fused-ring (bicyclic) bond motifs is 3. The number of hydrogen-bond donors (Lipinski definition) is 1. The van der Waals surface area contributed by atoms with E-state index in [0.717, 1.165) is 55.2 Å². The molecule has 9 heteroatoms. The Hall–Kier alpha value is -4.11. The van der Waals surface area contributed by atoms with Crippen LogP contribution in [0.4, 0.5) is 4.79 Å². The maximum Gasteiger partial charge on any atom is 0.407 e. The summed E-state index contributed by atoms with van der Waals surface area (Å²) in [5, 5.41) is 2.86. The Balaban J connectivity index is 0.0000107. The molecule has 8 nitrogen and oxygen atoms in total. The Morgan fingerprint density at radius 2 is 0.692 bits per heavy atom. The van der Waals surface area contributed by atoms with Crippen LogP contribution in [0, 0.1) is 5.92 Å². The summed E-state index contributed by atoms with van der Waals surface area (Å²) in [6.07, 6.45) is 62.9. The monoisotopic (exact) mass is 1280 g/mol. The van der Waals surface area contributed by atoms with E-state index < -0.39 is 18.1 Å². The van der Waals surface area contributed by atoms with Crippen LogP contribution < -0.4 is 19.5 Å². The number of carbonyl (C=O) groups is 2. The number of rotatable bonds is 61. The van der Waals surface area contributed by atoms with Crippen molar-refractivity contribution in [1.82, 2.24) is 5.32 Å². The Bertz CT molecular complexity index is 2090. The molecular formula is C82H137NO7S. The SMILES string of the molecule is C=S.CCCCCCCCCCCCCCCCCCOc1cc(COC(=O)C(NC(=O)OCC2c3ccccc3-c3ccccc32)C(C)C)cc(OCCCCCCCCCCCCCCCCCC)c1OCCCCCCCCCCCCCCCCCC. The summed E-state index contributed by atoms with van der Waals surface area (Å²) < 4.78 is 32.1. The van der Waals surface area contributed by atoms with E-state index in [0.29, 0.717) is 37.1 Å². The lowest BCUT2D eigenvalue weighted by Crippen LogP contribution is -2.45. The number of hydrogen-bond acceptors (Lipinski definition) is 8. The van der Waals surface area contributed by atoms with E-state index in [9.17, 15) is 9.59 Å². The van der Waals surface area contributed by atoms with Gasteiger partial charge in [0.2, 0.25) is 5.75 Å². The summed E-state index contributed by atoms with van der Waals surface area (Å²) in [7, 11) is 0. The maximum atomic E-state index is 14.0. The molecule has 0 fully saturated rings. The zero-order valence-corrected chi connectivity index (χ0v) is 60.3. The van der Waals surface area contributed by atoms with Crippen molar-refractivity contribution < 1.29 is 33.3 Å². The molecule has 0 saturated heterocycles. The van der Waals surface area contributed by atoms with Gasteiger partial charge < -0.3 is 29.0 Å². The first kappa shape index (κ1) is 81.1. The van der Waals surface area contributed by atoms with Crippen LogP contribution in [0.5, 0.6) is 17.2 Å². The highest BCUT2D eigenvalue weighted by molar-refractivity contribution is 7.77. The van der Waals surface area contributed by atoms with E-state index >= 15 is 0 Å². The van der Waals surface area contributed by atoms with Crippen molar-refractivity contribution in [3.05, 3.63) is 77.4 Å². The van der Waals surface area contributed by atoms with E-state index in [1.54, 1.807) is 0 Å². The Kier molecular flexibility index (Phi) is 51.1. The number of thiocarbonyl (C=S) groups is 1. The molecule has 0 radical (unpaired) electrons. The quantitative estimate of drug-likeness (QED) is 0.0339. The molecule has 518 valence electrons. The van der Waals surface area contributed by atoms with Gasteiger partial charge in [-0.15, -0.1) is 0 Å². The molecule has 0 aliphatic heterocycles. The smallest absolute Gasteiger partial charge is 0.407 e. The van der Waals surface area contributed by atoms with Crippen LogP contribution >= 0.6 is 12.2 Å². The van der Waals surface area contributed by atoms with Gasteiger partial charge in [-0.05, 0) is 71.0 Å². The topological polar surface area (TPSA) is 92.3 Å². The minimum atomic E-state index is -0.899. The molecule has 1 aliphatic carbocycles. The van der Waals surface area contributed by atoms with Gasteiger partial charge in [0.15, 0.2) is 11.5 Å². The summed E-state index contributed by atoms with van der Waals surface area (Å²) in [5.41, 5.74) is 5.37. The number of ether oxygens (including phenoxy) is 5. The van der Waals surface area contributed by atoms with Crippen LogP contribution in [-0.4, -0.2) is 50.4 Å². The zero-order valence-electron chi connectivity index (χ0n) is 59.5. The minimum Gasteiger partial charge on any atom is -0.490 e. The molecule has 0 saturated carbocycles. The van der Waals surface area contributed by atoms with Crippen molar-refractivity contribution in [1.29, 1.82) is 0 Å². The highest BCUT2D eigenvalue weighted by atomic mass is 32.1. The standard InChI is InChI=1S/C81H135NO7.CH2S/c1-6-9-12-15-18-21-24-27-30-33-36-39-42-45-48-55-62-85-76-65-70(67-88-80(83)78(69(4)5)82-81(84)89-68-75-73-60-53-51-58-71(73)72-59-52-54-61-74(72)75)66-77(86-63-56-49-46-43-40-37-34-31-28-25-22-19-16-13-10-7-2)79(76)87-64-57-50-47-44-41-38-35-32-29-26-23-20-17-14-11-8-3;1-2/h51-54,58-61,65-66,69,75,78H,6-50,55-57,62-64,67-68H2,1-5H3,(H,82,84);1H2. The Labute approximate surface area is 565 Å². The van der Waals surface area contributed by atoms with Gasteiger partial charge in [-0.1, -0.05) is 384 Å². The number of esters is 1. The second kappa shape index (κ2) is 57.3. The molecule has 4 rings (SSSR count). The number of benzene rings is 3. The van der Waals surface area contributed by atoms with Gasteiger partial charge in [0.05, 0.1) is 19.8 Å². The van der Waals surface area contributed by atoms with Crippen LogP contribution in [0.3, 0.4) is 0 Å². The lowest BCUT2D eigenvalue weighted by molar-refractivity contribution is -0.148. The first-order chi connectivity index (χ1) is 44.9. The van der Waals surface area contributed by atoms with Crippen molar-refractivity contribution in [2.24, 2.45) is 5.92 Å². The molecule has 0 heterocycles. The lowest BCUT2D eigenvalue weighted by Gasteiger charge is -2.22. The molecule has 3 aromatic rings. The van der Waals surface area contributed by atoms with E-state index in [-0.39, 0.29) is 25.0 Å². The third-order valence-electron chi connectivity index (χ3n) is 18.8. The molecule has 0 spiro atoms. The summed E-state index contributed by atoms with van der Waals surface area (Å²) in [6, 6.07) is 19.7. The Morgan fingerprint density at radius 3 is 1.00 bits per heavy atom. The van der Waals surface area contributed by atoms with Crippen molar-refractivity contribution in [2.45, 2.75) is 361 Å². The second-order valence-electron chi connectivity index (χ2n) is 27.2. The predicted molar refractivity (Wildman–Crippen MR) is 393 cm³/mol. The lowest BCUT2D eigenvalue weighted by atomic mass is 9.98. The molecular weight excluding hydrogens is 1140 g/mol. The first-order valence-electron chi connectivity index (χ1n) is 38.5. The highest BCUT2D eigenvalue weighted by Crippen LogP contribution is 2.45. The fourth-order valence-electron chi connectivity index (χ4n) is 13.1. The number of unbranched alkanes of at least 4 members (excludes halogenated alkanes) is 45. The largest absolute Gasteiger partial charge is 0.490 e. The number of alkyl carbamates (subject to hydrolysis) is 1. The number of amides is 1. The third kappa shape index (κ3) is 38.8. The van der Waals surface area contributed by atoms with Gasteiger partial charge in [0.25, 0.3) is 0 Å². The highest BCUT2D eigenvalue weighted by Gasteiger charge is 2.31. The van der Waals surface area contributed by atoms with Crippen molar-refractivity contribution in [2.75, 3.05) is 26.4 Å². The number of nitrogens with one attached hydrogen (secondary N) is 1. The average molecular weight is 1280 g/mol. The molecule has 1 atom stereocenters. The maximum absolute atomic E-state index is 14.0. The van der Waals surface area contributed by atoms with Gasteiger partial charge in [0.1, 0.15) is 19.3 Å². The van der Waals surface area contributed by atoms with Crippen LogP contribution in [-0.2, 0) is 20.9 Å². The molecule has 1 N–H and O–H groups in total. The molecule has 1 unspecified atom stereocenters. The molecule has 1 aliphatic rings. The van der Waals surface area contributed by atoms with Gasteiger partial charge in [-0.2, -0.15) is 0 Å². The van der Waals surface area contributed by atoms with Gasteiger partial charge in [0, 0.05) is 5.92 Å². The van der Waals surface area contributed by atoms with Crippen LogP contribution in [0.15, 0.2) is 60.7 Å². The predicted octanol–water partition coefficient (Wildman–Crippen LogP) is 25.8. The van der Waals surface area contributed by atoms with Crippen molar-refractivity contribution in [3.63, 3.8) is 0 Å². The van der Waals surface area contributed by atoms with Gasteiger partial charge in [-0.25, -0.2) is 9.59 Å². The fourth-order valence-corrected chi connectivity index (χ4v) is 13.1. The van der Waals surface area contributed by atoms with Crippen molar-refractivity contribution in [3.8, 4) is 28.4 Å². The van der Waals surface area contributed by atoms with Gasteiger partial charge in [-0.3, -0.25) is 0 Å². The molecule has 91 heavy (non-hydrogen) atoms. The van der Waals surface area contributed by atoms with Crippen LogP contribution in [0.25, 0.3) is 11.1 Å². The Morgan fingerprint density at radius 1 is 0.407 bits per heavy atom. The normalized spacial score (nSPS) is 12.1. The first-order valence-corrected chi connectivity index (χ1v) is 39.1. The van der Waals surface area contributed by atoms with E-state index in [1.165, 1.54) is 281 Å². The molecule has 0 aromatic heterocycles. The fraction of sp³-hybridized carbons (Fsp3) is 0.744. The number of carbonyl (C=O) groups excluding carboxylic acids is 2. The van der Waals surface area contributed by atoms with Crippen LogP contribution in [0.2, 0.25) is 0 Å². The van der Waals surface area contributed by atoms with E-state index in [2.05, 4.69) is 68.4 Å². The summed E-state index contributed by atoms with van der Waals surface area (Å²) in [6.45, 7) is 12.6. The molecule has 0 bridgehead atoms. The van der Waals surface area contributed by atoms with Crippen LogP contribution in [0.1, 0.15) is 365 Å². The summed E-state index contributed by atoms with van der Waals surface area (Å²) in [5.74, 6) is 3.96. The third-order valence-corrected chi connectivity index (χ3v) is 18.8. The molecule has 3 aromatic carbocycles. The zero-order chi connectivity index (χ0) is 65.3. The molecule has 1 amide bonds. The van der Waals surface area contributed by atoms with E-state index in [1.807, 2.05) is 50.2 Å². The minimum absolute atomic E-state index is 0.00135. The van der Waals surface area contributed by atoms with E-state index in [4.69, 9.17) is 23.7 Å². The average Bonchev–Trinajstić information content (AvgIpc) is 1.77. The van der Waals surface area contributed by atoms with Gasteiger partial charge >= 0.3 is 12.1 Å². The van der Waals surface area contributed by atoms with Crippen molar-refractivity contribution >= 4 is 30.2 Å². The summed E-state index contributed by atoms with van der Waals surface area (Å²) >= 11 is 3.83. The second-order valence-corrected chi connectivity index (χ2v) is 27.2. The summed E-state index contributed by atoms with van der Waals surface area (Å²) in [4.78, 5) is 27.5.